The van der Waals surface area contributed by atoms with Gasteiger partial charge in [-0.2, -0.15) is 0 Å². The number of hydrogen-bond donors (Lipinski definition) is 0. The number of Topliss-reactive ketones (excluding diaryl/α,β-unsaturated/α-hetero) is 1. The van der Waals surface area contributed by atoms with Crippen molar-refractivity contribution in [2.75, 3.05) is 13.1 Å². The largest absolute Gasteiger partial charge is 0.338 e. The van der Waals surface area contributed by atoms with E-state index in [1.807, 2.05) is 0 Å². The Morgan fingerprint density at radius 3 is 2.30 bits per heavy atom. The zero-order valence-corrected chi connectivity index (χ0v) is 13.9. The Morgan fingerprint density at radius 2 is 1.74 bits per heavy atom. The lowest BCUT2D eigenvalue weighted by atomic mass is 9.89. The molecule has 1 saturated heterocycles. The van der Waals surface area contributed by atoms with E-state index in [-0.39, 0.29) is 23.4 Å². The van der Waals surface area contributed by atoms with E-state index in [4.69, 9.17) is 11.6 Å². The van der Waals surface area contributed by atoms with Gasteiger partial charge in [-0.05, 0) is 49.2 Å². The minimum Gasteiger partial charge on any atom is -0.338 e. The van der Waals surface area contributed by atoms with Crippen LogP contribution in [-0.4, -0.2) is 29.7 Å². The first kappa shape index (κ1) is 16.1. The van der Waals surface area contributed by atoms with Crippen LogP contribution in [0.1, 0.15) is 32.9 Å². The van der Waals surface area contributed by atoms with E-state index in [0.29, 0.717) is 40.7 Å². The molecule has 120 valence electrons. The second kappa shape index (κ2) is 6.81. The highest BCUT2D eigenvalue weighted by Gasteiger charge is 2.28. The number of piperidine rings is 1. The van der Waals surface area contributed by atoms with Crippen LogP contribution < -0.4 is 0 Å². The molecule has 6 heteroatoms. The van der Waals surface area contributed by atoms with Crippen LogP contribution in [0, 0.1) is 11.7 Å². The van der Waals surface area contributed by atoms with Crippen LogP contribution in [0.4, 0.5) is 4.39 Å². The van der Waals surface area contributed by atoms with E-state index in [1.54, 1.807) is 17.0 Å². The zero-order valence-electron chi connectivity index (χ0n) is 12.3. The molecule has 1 aliphatic rings. The maximum atomic E-state index is 12.9. The van der Waals surface area contributed by atoms with Crippen molar-refractivity contribution in [2.45, 2.75) is 12.8 Å². The van der Waals surface area contributed by atoms with Gasteiger partial charge >= 0.3 is 0 Å². The molecule has 3 rings (SSSR count). The number of amides is 1. The van der Waals surface area contributed by atoms with Crippen molar-refractivity contribution in [3.05, 3.63) is 57.0 Å². The third-order valence-electron chi connectivity index (χ3n) is 4.07. The number of carbonyl (C=O) groups is 2. The minimum absolute atomic E-state index is 0.0243. The predicted molar refractivity (Wildman–Crippen MR) is 88.7 cm³/mol. The molecule has 0 bridgehead atoms. The van der Waals surface area contributed by atoms with Gasteiger partial charge in [0.25, 0.3) is 5.91 Å². The first-order chi connectivity index (χ1) is 11.0. The summed E-state index contributed by atoms with van der Waals surface area (Å²) in [7, 11) is 0. The maximum Gasteiger partial charge on any atom is 0.263 e. The summed E-state index contributed by atoms with van der Waals surface area (Å²) >= 11 is 7.13. The number of ketones is 1. The van der Waals surface area contributed by atoms with Gasteiger partial charge in [-0.15, -0.1) is 11.3 Å². The number of likely N-dealkylation sites (tertiary alicyclic amines) is 1. The lowest BCUT2D eigenvalue weighted by molar-refractivity contribution is 0.0654. The highest BCUT2D eigenvalue weighted by molar-refractivity contribution is 7.17. The molecule has 2 heterocycles. The van der Waals surface area contributed by atoms with Crippen LogP contribution in [0.25, 0.3) is 0 Å². The summed E-state index contributed by atoms with van der Waals surface area (Å²) in [5.74, 6) is -0.473. The van der Waals surface area contributed by atoms with Crippen molar-refractivity contribution in [1.82, 2.24) is 4.90 Å². The summed E-state index contributed by atoms with van der Waals surface area (Å²) < 4.78 is 13.5. The fourth-order valence-corrected chi connectivity index (χ4v) is 3.79. The molecule has 0 saturated carbocycles. The normalized spacial score (nSPS) is 15.7. The molecule has 0 radical (unpaired) electrons. The first-order valence-corrected chi connectivity index (χ1v) is 8.58. The molecule has 0 spiro atoms. The van der Waals surface area contributed by atoms with Crippen molar-refractivity contribution in [3.8, 4) is 0 Å². The van der Waals surface area contributed by atoms with Gasteiger partial charge in [-0.1, -0.05) is 11.6 Å². The van der Waals surface area contributed by atoms with E-state index in [2.05, 4.69) is 0 Å². The van der Waals surface area contributed by atoms with E-state index in [9.17, 15) is 14.0 Å². The highest BCUT2D eigenvalue weighted by atomic mass is 35.5. The second-order valence-electron chi connectivity index (χ2n) is 5.54. The molecule has 3 nitrogen and oxygen atoms in total. The van der Waals surface area contributed by atoms with E-state index in [1.165, 1.54) is 35.6 Å². The lowest BCUT2D eigenvalue weighted by Gasteiger charge is -2.31. The Bertz CT molecular complexity index is 720. The Kier molecular flexibility index (Phi) is 4.78. The fourth-order valence-electron chi connectivity index (χ4n) is 2.78. The molecule has 2 aromatic rings. The van der Waals surface area contributed by atoms with Gasteiger partial charge in [0, 0.05) is 24.6 Å². The number of benzene rings is 1. The van der Waals surface area contributed by atoms with Crippen LogP contribution in [-0.2, 0) is 0 Å². The SMILES string of the molecule is O=C(c1ccc(F)cc1)C1CCN(C(=O)c2ccc(Cl)s2)CC1. The van der Waals surface area contributed by atoms with Crippen molar-refractivity contribution in [1.29, 1.82) is 0 Å². The third kappa shape index (κ3) is 3.62. The second-order valence-corrected chi connectivity index (χ2v) is 7.26. The number of rotatable bonds is 3. The summed E-state index contributed by atoms with van der Waals surface area (Å²) in [6.45, 7) is 1.10. The van der Waals surface area contributed by atoms with Crippen molar-refractivity contribution < 1.29 is 14.0 Å². The van der Waals surface area contributed by atoms with E-state index >= 15 is 0 Å². The van der Waals surface area contributed by atoms with E-state index < -0.39 is 0 Å². The quantitative estimate of drug-likeness (QED) is 0.774. The maximum absolute atomic E-state index is 12.9. The standard InChI is InChI=1S/C17H15ClFNO2S/c18-15-6-5-14(23-15)17(22)20-9-7-12(8-10-20)16(21)11-1-3-13(19)4-2-11/h1-6,12H,7-10H2. The molecule has 1 fully saturated rings. The molecule has 0 atom stereocenters. The molecule has 0 N–H and O–H groups in total. The number of carbonyl (C=O) groups excluding carboxylic acids is 2. The van der Waals surface area contributed by atoms with Crippen LogP contribution in [0.3, 0.4) is 0 Å². The summed E-state index contributed by atoms with van der Waals surface area (Å²) in [4.78, 5) is 27.2. The number of halogens is 2. The van der Waals surface area contributed by atoms with Crippen LogP contribution >= 0.6 is 22.9 Å². The molecule has 23 heavy (non-hydrogen) atoms. The molecule has 1 amide bonds. The molecule has 0 aliphatic carbocycles. The summed E-state index contributed by atoms with van der Waals surface area (Å²) in [6, 6.07) is 9.07. The Morgan fingerprint density at radius 1 is 1.09 bits per heavy atom. The summed E-state index contributed by atoms with van der Waals surface area (Å²) in [5, 5.41) is 0. The topological polar surface area (TPSA) is 37.4 Å². The van der Waals surface area contributed by atoms with Gasteiger partial charge in [0.2, 0.25) is 0 Å². The lowest BCUT2D eigenvalue weighted by Crippen LogP contribution is -2.40. The van der Waals surface area contributed by atoms with Gasteiger partial charge in [0.1, 0.15) is 5.82 Å². The van der Waals surface area contributed by atoms with Crippen LogP contribution in [0.15, 0.2) is 36.4 Å². The monoisotopic (exact) mass is 351 g/mol. The van der Waals surface area contributed by atoms with Crippen molar-refractivity contribution in [3.63, 3.8) is 0 Å². The Labute approximate surface area is 142 Å². The molecule has 1 aliphatic heterocycles. The minimum atomic E-state index is -0.350. The molecule has 0 unspecified atom stereocenters. The highest BCUT2D eigenvalue weighted by Crippen LogP contribution is 2.26. The molecular formula is C17H15ClFNO2S. The van der Waals surface area contributed by atoms with Gasteiger partial charge < -0.3 is 4.90 Å². The average molecular weight is 352 g/mol. The molecule has 1 aromatic carbocycles. The number of thiophene rings is 1. The fraction of sp³-hybridized carbons (Fsp3) is 0.294. The van der Waals surface area contributed by atoms with Crippen LogP contribution in [0.2, 0.25) is 4.34 Å². The van der Waals surface area contributed by atoms with Gasteiger partial charge in [-0.25, -0.2) is 4.39 Å². The van der Waals surface area contributed by atoms with E-state index in [0.717, 1.165) is 0 Å². The van der Waals surface area contributed by atoms with Gasteiger partial charge in [0.15, 0.2) is 5.78 Å². The predicted octanol–water partition coefficient (Wildman–Crippen LogP) is 4.28. The summed E-state index contributed by atoms with van der Waals surface area (Å²) in [6.07, 6.45) is 1.25. The molecule has 1 aromatic heterocycles. The Balaban J connectivity index is 1.61. The van der Waals surface area contributed by atoms with Crippen LogP contribution in [0.5, 0.6) is 0 Å². The molecular weight excluding hydrogens is 337 g/mol. The smallest absolute Gasteiger partial charge is 0.263 e. The third-order valence-corrected chi connectivity index (χ3v) is 5.28. The van der Waals surface area contributed by atoms with Crippen molar-refractivity contribution in [2.24, 2.45) is 5.92 Å². The van der Waals surface area contributed by atoms with Gasteiger partial charge in [-0.3, -0.25) is 9.59 Å². The Hall–Kier alpha value is -1.72. The number of hydrogen-bond acceptors (Lipinski definition) is 3. The van der Waals surface area contributed by atoms with Gasteiger partial charge in [0.05, 0.1) is 9.21 Å². The number of nitrogens with zero attached hydrogens (tertiary/aromatic N) is 1. The van der Waals surface area contributed by atoms with Crippen molar-refractivity contribution >= 4 is 34.6 Å². The first-order valence-electron chi connectivity index (χ1n) is 7.39. The average Bonchev–Trinajstić information content (AvgIpc) is 3.01. The zero-order chi connectivity index (χ0) is 16.4. The summed E-state index contributed by atoms with van der Waals surface area (Å²) in [5.41, 5.74) is 0.529.